The van der Waals surface area contributed by atoms with Gasteiger partial charge in [-0.2, -0.15) is 0 Å². The predicted molar refractivity (Wildman–Crippen MR) is 60.5 cm³/mol. The number of nitrogens with two attached hydrogens (primary N) is 1. The highest BCUT2D eigenvalue weighted by molar-refractivity contribution is 4.67. The van der Waals surface area contributed by atoms with Gasteiger partial charge >= 0.3 is 0 Å². The zero-order valence-corrected chi connectivity index (χ0v) is 9.10. The molecule has 0 aliphatic carbocycles. The van der Waals surface area contributed by atoms with E-state index < -0.39 is 0 Å². The maximum Gasteiger partial charge on any atom is 0.0107 e. The predicted octanol–water partition coefficient (Wildman–Crippen LogP) is -0.780. The molecule has 0 aromatic heterocycles. The molecule has 1 fully saturated rings. The lowest BCUT2D eigenvalue weighted by Gasteiger charge is -2.27. The van der Waals surface area contributed by atoms with E-state index >= 15 is 0 Å². The lowest BCUT2D eigenvalue weighted by atomic mass is 10.3. The van der Waals surface area contributed by atoms with E-state index in [9.17, 15) is 0 Å². The molecule has 0 amide bonds. The van der Waals surface area contributed by atoms with Gasteiger partial charge in [-0.05, 0) is 39.0 Å². The van der Waals surface area contributed by atoms with Crippen LogP contribution in [0, 0.1) is 0 Å². The van der Waals surface area contributed by atoms with Gasteiger partial charge in [-0.15, -0.1) is 0 Å². The van der Waals surface area contributed by atoms with Crippen molar-refractivity contribution in [3.63, 3.8) is 0 Å². The fourth-order valence-corrected chi connectivity index (χ4v) is 1.71. The van der Waals surface area contributed by atoms with E-state index in [-0.39, 0.29) is 0 Å². The van der Waals surface area contributed by atoms with Gasteiger partial charge in [-0.1, -0.05) is 0 Å². The molecule has 4 N–H and O–H groups in total. The highest BCUT2D eigenvalue weighted by Crippen LogP contribution is 1.93. The standard InChI is InChI=1S/C10H24N4/c11-3-1-4-12-5-2-8-14-9-6-13-7-10-14/h12-13H,1-11H2. The molecule has 0 saturated carbocycles. The summed E-state index contributed by atoms with van der Waals surface area (Å²) in [5.41, 5.74) is 5.40. The van der Waals surface area contributed by atoms with Crippen LogP contribution in [0.4, 0.5) is 0 Å². The lowest BCUT2D eigenvalue weighted by Crippen LogP contribution is -2.44. The van der Waals surface area contributed by atoms with Crippen molar-refractivity contribution in [2.24, 2.45) is 5.73 Å². The molecular weight excluding hydrogens is 176 g/mol. The van der Waals surface area contributed by atoms with E-state index in [1.165, 1.54) is 26.1 Å². The zero-order valence-electron chi connectivity index (χ0n) is 9.10. The van der Waals surface area contributed by atoms with Gasteiger partial charge in [0.25, 0.3) is 0 Å². The Bertz CT molecular complexity index is 123. The van der Waals surface area contributed by atoms with Gasteiger partial charge in [-0.25, -0.2) is 0 Å². The van der Waals surface area contributed by atoms with Crippen molar-refractivity contribution in [2.45, 2.75) is 12.8 Å². The van der Waals surface area contributed by atoms with E-state index in [0.29, 0.717) is 0 Å². The first-order chi connectivity index (χ1) is 6.93. The minimum atomic E-state index is 0.796. The van der Waals surface area contributed by atoms with Crippen molar-refractivity contribution in [1.29, 1.82) is 0 Å². The monoisotopic (exact) mass is 200 g/mol. The van der Waals surface area contributed by atoms with Gasteiger partial charge in [-0.3, -0.25) is 0 Å². The topological polar surface area (TPSA) is 53.3 Å². The van der Waals surface area contributed by atoms with Crippen LogP contribution in [0.2, 0.25) is 0 Å². The minimum absolute atomic E-state index is 0.796. The highest BCUT2D eigenvalue weighted by Gasteiger charge is 2.07. The Morgan fingerprint density at radius 1 is 1.14 bits per heavy atom. The van der Waals surface area contributed by atoms with Crippen LogP contribution in [0.3, 0.4) is 0 Å². The molecule has 4 heteroatoms. The van der Waals surface area contributed by atoms with Crippen LogP contribution in [0.1, 0.15) is 12.8 Å². The Kier molecular flexibility index (Phi) is 6.95. The summed E-state index contributed by atoms with van der Waals surface area (Å²) in [7, 11) is 0. The second-order valence-corrected chi connectivity index (χ2v) is 3.84. The largest absolute Gasteiger partial charge is 0.330 e. The fourth-order valence-electron chi connectivity index (χ4n) is 1.71. The van der Waals surface area contributed by atoms with Gasteiger partial charge in [0.2, 0.25) is 0 Å². The summed E-state index contributed by atoms with van der Waals surface area (Å²) in [4.78, 5) is 2.53. The third-order valence-electron chi connectivity index (χ3n) is 2.60. The molecule has 14 heavy (non-hydrogen) atoms. The molecule has 0 aromatic carbocycles. The summed E-state index contributed by atoms with van der Waals surface area (Å²) in [6.45, 7) is 8.96. The van der Waals surface area contributed by atoms with Crippen molar-refractivity contribution in [2.75, 3.05) is 52.4 Å². The number of hydrogen-bond acceptors (Lipinski definition) is 4. The van der Waals surface area contributed by atoms with Crippen LogP contribution in [0.15, 0.2) is 0 Å². The second kappa shape index (κ2) is 8.17. The first kappa shape index (κ1) is 11.9. The van der Waals surface area contributed by atoms with Gasteiger partial charge in [0.15, 0.2) is 0 Å². The summed E-state index contributed by atoms with van der Waals surface area (Å²) in [6, 6.07) is 0. The molecule has 1 aliphatic rings. The van der Waals surface area contributed by atoms with E-state index in [0.717, 1.165) is 39.1 Å². The van der Waals surface area contributed by atoms with Gasteiger partial charge in [0, 0.05) is 26.2 Å². The van der Waals surface area contributed by atoms with Crippen molar-refractivity contribution < 1.29 is 0 Å². The van der Waals surface area contributed by atoms with Crippen molar-refractivity contribution in [3.8, 4) is 0 Å². The zero-order chi connectivity index (χ0) is 10.1. The molecule has 0 unspecified atom stereocenters. The SMILES string of the molecule is NCCCNCCCN1CCNCC1. The Balaban J connectivity index is 1.82. The maximum atomic E-state index is 5.40. The van der Waals surface area contributed by atoms with Gasteiger partial charge < -0.3 is 21.3 Å². The van der Waals surface area contributed by atoms with Crippen LogP contribution in [-0.4, -0.2) is 57.3 Å². The first-order valence-electron chi connectivity index (χ1n) is 5.77. The van der Waals surface area contributed by atoms with E-state index in [1.54, 1.807) is 0 Å². The third-order valence-corrected chi connectivity index (χ3v) is 2.60. The van der Waals surface area contributed by atoms with Gasteiger partial charge in [0.05, 0.1) is 0 Å². The van der Waals surface area contributed by atoms with Crippen LogP contribution in [0.25, 0.3) is 0 Å². The number of nitrogens with one attached hydrogen (secondary N) is 2. The Morgan fingerprint density at radius 2 is 1.86 bits per heavy atom. The quantitative estimate of drug-likeness (QED) is 0.472. The van der Waals surface area contributed by atoms with Crippen molar-refractivity contribution in [1.82, 2.24) is 15.5 Å². The van der Waals surface area contributed by atoms with Gasteiger partial charge in [0.1, 0.15) is 0 Å². The molecule has 1 heterocycles. The van der Waals surface area contributed by atoms with E-state index in [1.807, 2.05) is 0 Å². The van der Waals surface area contributed by atoms with Crippen LogP contribution in [0.5, 0.6) is 0 Å². The second-order valence-electron chi connectivity index (χ2n) is 3.84. The van der Waals surface area contributed by atoms with Crippen molar-refractivity contribution >= 4 is 0 Å². The summed E-state index contributed by atoms with van der Waals surface area (Å²) < 4.78 is 0. The fraction of sp³-hybridized carbons (Fsp3) is 1.00. The van der Waals surface area contributed by atoms with Crippen LogP contribution < -0.4 is 16.4 Å². The molecule has 0 spiro atoms. The Labute approximate surface area is 87.2 Å². The molecular formula is C10H24N4. The summed E-state index contributed by atoms with van der Waals surface area (Å²) in [5, 5.41) is 6.77. The molecule has 4 nitrogen and oxygen atoms in total. The van der Waals surface area contributed by atoms with Crippen LogP contribution >= 0.6 is 0 Å². The molecule has 1 rings (SSSR count). The number of nitrogens with zero attached hydrogens (tertiary/aromatic N) is 1. The third kappa shape index (κ3) is 5.54. The first-order valence-corrected chi connectivity index (χ1v) is 5.77. The average molecular weight is 200 g/mol. The average Bonchev–Trinajstić information content (AvgIpc) is 2.25. The van der Waals surface area contributed by atoms with E-state index in [2.05, 4.69) is 15.5 Å². The molecule has 0 bridgehead atoms. The Hall–Kier alpha value is -0.160. The number of piperazine rings is 1. The molecule has 0 radical (unpaired) electrons. The number of hydrogen-bond donors (Lipinski definition) is 3. The molecule has 0 aromatic rings. The Morgan fingerprint density at radius 3 is 2.57 bits per heavy atom. The molecule has 1 saturated heterocycles. The smallest absolute Gasteiger partial charge is 0.0107 e. The van der Waals surface area contributed by atoms with E-state index in [4.69, 9.17) is 5.73 Å². The molecule has 1 aliphatic heterocycles. The summed E-state index contributed by atoms with van der Waals surface area (Å²) in [5.74, 6) is 0. The molecule has 0 atom stereocenters. The lowest BCUT2D eigenvalue weighted by molar-refractivity contribution is 0.238. The summed E-state index contributed by atoms with van der Waals surface area (Å²) >= 11 is 0. The number of rotatable bonds is 7. The highest BCUT2D eigenvalue weighted by atomic mass is 15.2. The van der Waals surface area contributed by atoms with Crippen molar-refractivity contribution in [3.05, 3.63) is 0 Å². The summed E-state index contributed by atoms with van der Waals surface area (Å²) in [6.07, 6.45) is 2.35. The maximum absolute atomic E-state index is 5.40. The minimum Gasteiger partial charge on any atom is -0.330 e. The molecule has 84 valence electrons. The van der Waals surface area contributed by atoms with Crippen LogP contribution in [-0.2, 0) is 0 Å². The normalized spacial score (nSPS) is 18.6.